The molecular formula is C19H19ClN4O2S. The molecule has 0 saturated carbocycles. The molecule has 27 heavy (non-hydrogen) atoms. The van der Waals surface area contributed by atoms with E-state index >= 15 is 0 Å². The summed E-state index contributed by atoms with van der Waals surface area (Å²) in [5, 5.41) is 12.7. The van der Waals surface area contributed by atoms with Crippen molar-refractivity contribution in [3.8, 4) is 17.1 Å². The SMILES string of the molecule is COc1cccc(-c2nnc(SCC(=O)NCc3ccc(Cl)cc3)n2C)c1. The van der Waals surface area contributed by atoms with Crippen LogP contribution in [0, 0.1) is 0 Å². The van der Waals surface area contributed by atoms with E-state index in [1.807, 2.05) is 48.0 Å². The largest absolute Gasteiger partial charge is 0.497 e. The zero-order chi connectivity index (χ0) is 19.2. The Labute approximate surface area is 166 Å². The molecule has 0 atom stereocenters. The Morgan fingerprint density at radius 3 is 2.74 bits per heavy atom. The first-order valence-corrected chi connectivity index (χ1v) is 9.61. The van der Waals surface area contributed by atoms with Gasteiger partial charge in [-0.05, 0) is 29.8 Å². The Balaban J connectivity index is 1.57. The van der Waals surface area contributed by atoms with E-state index in [2.05, 4.69) is 15.5 Å². The molecular weight excluding hydrogens is 384 g/mol. The highest BCUT2D eigenvalue weighted by molar-refractivity contribution is 7.99. The normalized spacial score (nSPS) is 10.6. The van der Waals surface area contributed by atoms with Crippen LogP contribution in [-0.2, 0) is 18.4 Å². The maximum atomic E-state index is 12.1. The van der Waals surface area contributed by atoms with Gasteiger partial charge in [-0.3, -0.25) is 4.79 Å². The Bertz CT molecular complexity index is 928. The van der Waals surface area contributed by atoms with Gasteiger partial charge < -0.3 is 14.6 Å². The fourth-order valence-corrected chi connectivity index (χ4v) is 3.31. The van der Waals surface area contributed by atoms with E-state index < -0.39 is 0 Å². The number of rotatable bonds is 7. The van der Waals surface area contributed by atoms with Crippen LogP contribution < -0.4 is 10.1 Å². The quantitative estimate of drug-likeness (QED) is 0.612. The predicted molar refractivity (Wildman–Crippen MR) is 107 cm³/mol. The summed E-state index contributed by atoms with van der Waals surface area (Å²) in [5.41, 5.74) is 1.90. The molecule has 3 aromatic rings. The Morgan fingerprint density at radius 1 is 1.22 bits per heavy atom. The lowest BCUT2D eigenvalue weighted by Gasteiger charge is -2.07. The number of thioether (sulfide) groups is 1. The summed E-state index contributed by atoms with van der Waals surface area (Å²) < 4.78 is 7.12. The number of amides is 1. The highest BCUT2D eigenvalue weighted by Crippen LogP contribution is 2.25. The van der Waals surface area contributed by atoms with Crippen molar-refractivity contribution in [3.05, 3.63) is 59.1 Å². The Morgan fingerprint density at radius 2 is 2.00 bits per heavy atom. The van der Waals surface area contributed by atoms with Crippen molar-refractivity contribution in [2.75, 3.05) is 12.9 Å². The Kier molecular flexibility index (Phi) is 6.36. The molecule has 140 valence electrons. The van der Waals surface area contributed by atoms with Gasteiger partial charge in [-0.15, -0.1) is 10.2 Å². The van der Waals surface area contributed by atoms with Crippen molar-refractivity contribution in [3.63, 3.8) is 0 Å². The standard InChI is InChI=1S/C19H19ClN4O2S/c1-24-18(14-4-3-5-16(10-14)26-2)22-23-19(24)27-12-17(25)21-11-13-6-8-15(20)9-7-13/h3-10H,11-12H2,1-2H3,(H,21,25). The minimum Gasteiger partial charge on any atom is -0.497 e. The van der Waals surface area contributed by atoms with Crippen LogP contribution >= 0.6 is 23.4 Å². The van der Waals surface area contributed by atoms with Crippen LogP contribution in [0.1, 0.15) is 5.56 Å². The number of hydrogen-bond donors (Lipinski definition) is 1. The number of aromatic nitrogens is 3. The van der Waals surface area contributed by atoms with Gasteiger partial charge in [0.2, 0.25) is 5.91 Å². The molecule has 0 aliphatic rings. The van der Waals surface area contributed by atoms with Crippen molar-refractivity contribution in [2.24, 2.45) is 7.05 Å². The van der Waals surface area contributed by atoms with Crippen molar-refractivity contribution in [1.29, 1.82) is 0 Å². The van der Waals surface area contributed by atoms with Gasteiger partial charge in [0.1, 0.15) is 5.75 Å². The molecule has 3 rings (SSSR count). The molecule has 0 aliphatic heterocycles. The number of nitrogens with zero attached hydrogens (tertiary/aromatic N) is 3. The third kappa shape index (κ3) is 5.02. The zero-order valence-corrected chi connectivity index (χ0v) is 16.5. The minimum atomic E-state index is -0.0686. The minimum absolute atomic E-state index is 0.0686. The lowest BCUT2D eigenvalue weighted by Crippen LogP contribution is -2.24. The van der Waals surface area contributed by atoms with Crippen LogP contribution in [0.2, 0.25) is 5.02 Å². The van der Waals surface area contributed by atoms with E-state index in [1.54, 1.807) is 19.2 Å². The molecule has 1 amide bonds. The average Bonchev–Trinajstić information content (AvgIpc) is 3.06. The van der Waals surface area contributed by atoms with Gasteiger partial charge in [-0.2, -0.15) is 0 Å². The fraction of sp³-hybridized carbons (Fsp3) is 0.211. The summed E-state index contributed by atoms with van der Waals surface area (Å²) >= 11 is 7.20. The second-order valence-electron chi connectivity index (χ2n) is 5.79. The van der Waals surface area contributed by atoms with Crippen LogP contribution in [0.15, 0.2) is 53.7 Å². The van der Waals surface area contributed by atoms with Crippen LogP contribution in [0.5, 0.6) is 5.75 Å². The Hall–Kier alpha value is -2.51. The first kappa shape index (κ1) is 19.3. The highest BCUT2D eigenvalue weighted by atomic mass is 35.5. The first-order chi connectivity index (χ1) is 13.1. The van der Waals surface area contributed by atoms with Gasteiger partial charge in [0, 0.05) is 24.2 Å². The zero-order valence-electron chi connectivity index (χ0n) is 15.0. The van der Waals surface area contributed by atoms with Crippen LogP contribution in [0.4, 0.5) is 0 Å². The van der Waals surface area contributed by atoms with Crippen molar-refractivity contribution < 1.29 is 9.53 Å². The number of nitrogens with one attached hydrogen (secondary N) is 1. The molecule has 0 unspecified atom stereocenters. The summed E-state index contributed by atoms with van der Waals surface area (Å²) in [5.74, 6) is 1.67. The number of hydrogen-bond acceptors (Lipinski definition) is 5. The number of benzene rings is 2. The first-order valence-electron chi connectivity index (χ1n) is 8.24. The van der Waals surface area contributed by atoms with Gasteiger partial charge in [0.05, 0.1) is 12.9 Å². The highest BCUT2D eigenvalue weighted by Gasteiger charge is 2.13. The summed E-state index contributed by atoms with van der Waals surface area (Å²) in [7, 11) is 3.50. The molecule has 0 saturated heterocycles. The van der Waals surface area contributed by atoms with E-state index in [0.717, 1.165) is 22.7 Å². The van der Waals surface area contributed by atoms with E-state index in [0.29, 0.717) is 16.7 Å². The van der Waals surface area contributed by atoms with E-state index in [-0.39, 0.29) is 11.7 Å². The number of carbonyl (C=O) groups excluding carboxylic acids is 1. The van der Waals surface area contributed by atoms with Gasteiger partial charge in [-0.25, -0.2) is 0 Å². The molecule has 1 heterocycles. The smallest absolute Gasteiger partial charge is 0.230 e. The summed E-state index contributed by atoms with van der Waals surface area (Å²) in [4.78, 5) is 12.1. The van der Waals surface area contributed by atoms with Crippen molar-refractivity contribution in [1.82, 2.24) is 20.1 Å². The van der Waals surface area contributed by atoms with Crippen LogP contribution in [0.25, 0.3) is 11.4 Å². The van der Waals surface area contributed by atoms with Crippen molar-refractivity contribution in [2.45, 2.75) is 11.7 Å². The molecule has 0 spiro atoms. The summed E-state index contributed by atoms with van der Waals surface area (Å²) in [6.07, 6.45) is 0. The molecule has 0 radical (unpaired) electrons. The third-order valence-corrected chi connectivity index (χ3v) is 5.17. The molecule has 1 N–H and O–H groups in total. The number of methoxy groups -OCH3 is 1. The van der Waals surface area contributed by atoms with Crippen LogP contribution in [0.3, 0.4) is 0 Å². The van der Waals surface area contributed by atoms with Crippen LogP contribution in [-0.4, -0.2) is 33.5 Å². The van der Waals surface area contributed by atoms with Gasteiger partial charge in [-0.1, -0.05) is 47.6 Å². The van der Waals surface area contributed by atoms with Gasteiger partial charge in [0.25, 0.3) is 0 Å². The van der Waals surface area contributed by atoms with E-state index in [4.69, 9.17) is 16.3 Å². The molecule has 1 aromatic heterocycles. The lowest BCUT2D eigenvalue weighted by atomic mass is 10.2. The number of carbonyl (C=O) groups is 1. The fourth-order valence-electron chi connectivity index (χ4n) is 2.44. The lowest BCUT2D eigenvalue weighted by molar-refractivity contribution is -0.118. The second-order valence-corrected chi connectivity index (χ2v) is 7.17. The molecule has 2 aromatic carbocycles. The van der Waals surface area contributed by atoms with Crippen molar-refractivity contribution >= 4 is 29.3 Å². The predicted octanol–water partition coefficient (Wildman–Crippen LogP) is 3.55. The van der Waals surface area contributed by atoms with E-state index in [1.165, 1.54) is 11.8 Å². The van der Waals surface area contributed by atoms with E-state index in [9.17, 15) is 4.79 Å². The topological polar surface area (TPSA) is 69.0 Å². The molecule has 8 heteroatoms. The maximum absolute atomic E-state index is 12.1. The number of ether oxygens (including phenoxy) is 1. The second kappa shape index (κ2) is 8.92. The maximum Gasteiger partial charge on any atom is 0.230 e. The molecule has 0 aliphatic carbocycles. The van der Waals surface area contributed by atoms with Gasteiger partial charge >= 0.3 is 0 Å². The molecule has 0 fully saturated rings. The third-order valence-electron chi connectivity index (χ3n) is 3.90. The molecule has 0 bridgehead atoms. The summed E-state index contributed by atoms with van der Waals surface area (Å²) in [6, 6.07) is 15.0. The summed E-state index contributed by atoms with van der Waals surface area (Å²) in [6.45, 7) is 0.463. The average molecular weight is 403 g/mol. The number of halogens is 1. The monoisotopic (exact) mass is 402 g/mol. The van der Waals surface area contributed by atoms with Gasteiger partial charge in [0.15, 0.2) is 11.0 Å². The molecule has 6 nitrogen and oxygen atoms in total.